The molecule has 0 spiro atoms. The van der Waals surface area contributed by atoms with Crippen LogP contribution in [-0.2, 0) is 4.79 Å². The number of carbonyl (C=O) groups excluding carboxylic acids is 1. The first-order chi connectivity index (χ1) is 13.5. The molecule has 0 aromatic heterocycles. The zero-order valence-corrected chi connectivity index (χ0v) is 16.8. The van der Waals surface area contributed by atoms with Gasteiger partial charge in [0, 0.05) is 46.0 Å². The van der Waals surface area contributed by atoms with Crippen molar-refractivity contribution in [1.82, 2.24) is 9.80 Å². The molecular formula is C21H28N6O. The molecule has 3 rings (SSSR count). The number of rotatable bonds is 6. The number of azo groups is 1. The fourth-order valence-corrected chi connectivity index (χ4v) is 2.99. The van der Waals surface area contributed by atoms with E-state index in [9.17, 15) is 4.79 Å². The van der Waals surface area contributed by atoms with Gasteiger partial charge in [0.2, 0.25) is 5.91 Å². The minimum atomic E-state index is -0.0254. The lowest BCUT2D eigenvalue weighted by Crippen LogP contribution is -2.47. The molecule has 7 nitrogen and oxygen atoms in total. The maximum atomic E-state index is 12.4. The molecule has 1 N–H and O–H groups in total. The molecule has 0 radical (unpaired) electrons. The lowest BCUT2D eigenvalue weighted by molar-refractivity contribution is -0.117. The Kier molecular flexibility index (Phi) is 6.73. The Morgan fingerprint density at radius 1 is 1.00 bits per heavy atom. The minimum Gasteiger partial charge on any atom is -0.378 e. The summed E-state index contributed by atoms with van der Waals surface area (Å²) in [4.78, 5) is 18.9. The lowest BCUT2D eigenvalue weighted by Gasteiger charge is -2.31. The number of nitrogens with one attached hydrogen (secondary N) is 1. The fourth-order valence-electron chi connectivity index (χ4n) is 2.99. The van der Waals surface area contributed by atoms with E-state index in [1.54, 1.807) is 0 Å². The van der Waals surface area contributed by atoms with Gasteiger partial charge < -0.3 is 15.1 Å². The van der Waals surface area contributed by atoms with Crippen LogP contribution in [0.1, 0.15) is 0 Å². The van der Waals surface area contributed by atoms with Crippen molar-refractivity contribution in [2.24, 2.45) is 10.2 Å². The van der Waals surface area contributed by atoms with Crippen LogP contribution in [0, 0.1) is 0 Å². The van der Waals surface area contributed by atoms with Crippen molar-refractivity contribution in [3.63, 3.8) is 0 Å². The second-order valence-electron chi connectivity index (χ2n) is 7.26. The molecule has 1 saturated heterocycles. The van der Waals surface area contributed by atoms with Crippen molar-refractivity contribution in [3.05, 3.63) is 48.5 Å². The predicted octanol–water partition coefficient (Wildman–Crippen LogP) is 3.35. The van der Waals surface area contributed by atoms with E-state index in [1.165, 1.54) is 0 Å². The largest absolute Gasteiger partial charge is 0.378 e. The molecule has 2 aromatic rings. The maximum absolute atomic E-state index is 12.4. The van der Waals surface area contributed by atoms with Crippen LogP contribution in [0.15, 0.2) is 58.8 Å². The molecule has 7 heteroatoms. The Morgan fingerprint density at radius 2 is 1.68 bits per heavy atom. The lowest BCUT2D eigenvalue weighted by atomic mass is 10.2. The highest BCUT2D eigenvalue weighted by Crippen LogP contribution is 2.27. The van der Waals surface area contributed by atoms with Crippen LogP contribution in [0.4, 0.5) is 22.7 Å². The number of carbonyl (C=O) groups is 1. The monoisotopic (exact) mass is 380 g/mol. The summed E-state index contributed by atoms with van der Waals surface area (Å²) in [5, 5.41) is 11.6. The number of para-hydroxylation sites is 1. The van der Waals surface area contributed by atoms with Gasteiger partial charge in [0.25, 0.3) is 0 Å². The minimum absolute atomic E-state index is 0.0254. The summed E-state index contributed by atoms with van der Waals surface area (Å²) in [6, 6.07) is 15.3. The standard InChI is InChI=1S/C21H28N6O/c1-25(2)18-10-8-17(9-11-18)23-24-20-7-5-4-6-19(20)22-21(28)16-27-14-12-26(3)13-15-27/h4-11H,12-16H2,1-3H3,(H,22,28). The van der Waals surface area contributed by atoms with E-state index in [0.717, 1.165) is 37.6 Å². The summed E-state index contributed by atoms with van der Waals surface area (Å²) in [5.41, 5.74) is 3.20. The second kappa shape index (κ2) is 9.43. The van der Waals surface area contributed by atoms with Gasteiger partial charge in [-0.1, -0.05) is 12.1 Å². The molecular weight excluding hydrogens is 352 g/mol. The molecule has 0 saturated carbocycles. The summed E-state index contributed by atoms with van der Waals surface area (Å²) in [6.45, 7) is 4.20. The van der Waals surface area contributed by atoms with Crippen LogP contribution in [0.5, 0.6) is 0 Å². The molecule has 148 valence electrons. The third-order valence-corrected chi connectivity index (χ3v) is 4.78. The molecule has 1 amide bonds. The van der Waals surface area contributed by atoms with Crippen LogP contribution in [0.2, 0.25) is 0 Å². The van der Waals surface area contributed by atoms with Crippen LogP contribution < -0.4 is 10.2 Å². The highest BCUT2D eigenvalue weighted by Gasteiger charge is 2.17. The Hall–Kier alpha value is -2.77. The first kappa shape index (κ1) is 20.0. The highest BCUT2D eigenvalue weighted by molar-refractivity contribution is 5.94. The topological polar surface area (TPSA) is 63.5 Å². The number of anilines is 2. The first-order valence-electron chi connectivity index (χ1n) is 9.50. The molecule has 28 heavy (non-hydrogen) atoms. The fraction of sp³-hybridized carbons (Fsp3) is 0.381. The molecule has 2 aromatic carbocycles. The maximum Gasteiger partial charge on any atom is 0.238 e. The van der Waals surface area contributed by atoms with Gasteiger partial charge in [0.1, 0.15) is 5.69 Å². The number of benzene rings is 2. The van der Waals surface area contributed by atoms with Crippen LogP contribution in [0.3, 0.4) is 0 Å². The first-order valence-corrected chi connectivity index (χ1v) is 9.50. The van der Waals surface area contributed by atoms with Crippen molar-refractivity contribution in [1.29, 1.82) is 0 Å². The normalized spacial score (nSPS) is 15.7. The Labute approximate surface area is 166 Å². The van der Waals surface area contributed by atoms with Gasteiger partial charge in [0.15, 0.2) is 0 Å². The Bertz CT molecular complexity index is 810. The van der Waals surface area contributed by atoms with E-state index in [-0.39, 0.29) is 5.91 Å². The molecule has 0 bridgehead atoms. The van der Waals surface area contributed by atoms with E-state index in [4.69, 9.17) is 0 Å². The van der Waals surface area contributed by atoms with Crippen LogP contribution in [0.25, 0.3) is 0 Å². The number of hydrogen-bond donors (Lipinski definition) is 1. The summed E-state index contributed by atoms with van der Waals surface area (Å²) in [7, 11) is 6.10. The van der Waals surface area contributed by atoms with E-state index in [2.05, 4.69) is 32.4 Å². The average molecular weight is 380 g/mol. The number of amides is 1. The SMILES string of the molecule is CN1CCN(CC(=O)Nc2ccccc2N=Nc2ccc(N(C)C)cc2)CC1. The summed E-state index contributed by atoms with van der Waals surface area (Å²) in [6.07, 6.45) is 0. The van der Waals surface area contributed by atoms with E-state index in [1.807, 2.05) is 67.5 Å². The highest BCUT2D eigenvalue weighted by atomic mass is 16.2. The molecule has 0 aliphatic carbocycles. The van der Waals surface area contributed by atoms with E-state index >= 15 is 0 Å². The van der Waals surface area contributed by atoms with Gasteiger partial charge in [-0.2, -0.15) is 5.11 Å². The van der Waals surface area contributed by atoms with Gasteiger partial charge in [-0.05, 0) is 43.4 Å². The zero-order valence-electron chi connectivity index (χ0n) is 16.8. The van der Waals surface area contributed by atoms with Crippen molar-refractivity contribution in [2.75, 3.05) is 64.1 Å². The molecule has 0 unspecified atom stereocenters. The molecule has 0 atom stereocenters. The van der Waals surface area contributed by atoms with Gasteiger partial charge in [-0.15, -0.1) is 5.11 Å². The smallest absolute Gasteiger partial charge is 0.238 e. The van der Waals surface area contributed by atoms with Crippen molar-refractivity contribution < 1.29 is 4.79 Å². The Balaban J connectivity index is 1.63. The average Bonchev–Trinajstić information content (AvgIpc) is 2.69. The van der Waals surface area contributed by atoms with Gasteiger partial charge >= 0.3 is 0 Å². The van der Waals surface area contributed by atoms with Crippen molar-refractivity contribution in [2.45, 2.75) is 0 Å². The molecule has 1 heterocycles. The Morgan fingerprint density at radius 3 is 2.36 bits per heavy atom. The summed E-state index contributed by atoms with van der Waals surface area (Å²) < 4.78 is 0. The molecule has 1 aliphatic rings. The number of piperazine rings is 1. The zero-order chi connectivity index (χ0) is 19.9. The predicted molar refractivity (Wildman–Crippen MR) is 114 cm³/mol. The molecule has 1 fully saturated rings. The van der Waals surface area contributed by atoms with Gasteiger partial charge in [0.05, 0.1) is 17.9 Å². The van der Waals surface area contributed by atoms with Gasteiger partial charge in [-0.25, -0.2) is 0 Å². The molecule has 1 aliphatic heterocycles. The number of nitrogens with zero attached hydrogens (tertiary/aromatic N) is 5. The van der Waals surface area contributed by atoms with Gasteiger partial charge in [-0.3, -0.25) is 9.69 Å². The summed E-state index contributed by atoms with van der Waals surface area (Å²) in [5.74, 6) is -0.0254. The second-order valence-corrected chi connectivity index (χ2v) is 7.26. The van der Waals surface area contributed by atoms with Crippen LogP contribution in [-0.4, -0.2) is 69.6 Å². The van der Waals surface area contributed by atoms with E-state index < -0.39 is 0 Å². The third-order valence-electron chi connectivity index (χ3n) is 4.78. The third kappa shape index (κ3) is 5.61. The number of likely N-dealkylation sites (N-methyl/N-ethyl adjacent to an activating group) is 1. The van der Waals surface area contributed by atoms with Crippen molar-refractivity contribution in [3.8, 4) is 0 Å². The van der Waals surface area contributed by atoms with Crippen LogP contribution >= 0.6 is 0 Å². The quantitative estimate of drug-likeness (QED) is 0.781. The van der Waals surface area contributed by atoms with Crippen molar-refractivity contribution >= 4 is 28.7 Å². The number of hydrogen-bond acceptors (Lipinski definition) is 6. The van der Waals surface area contributed by atoms with E-state index in [0.29, 0.717) is 17.9 Å². The summed E-state index contributed by atoms with van der Waals surface area (Å²) >= 11 is 0.